The molecule has 66 heavy (non-hydrogen) atoms. The average Bonchev–Trinajstić information content (AvgIpc) is 4.11. The quantitative estimate of drug-likeness (QED) is 0.167. The minimum Gasteiger partial charge on any atom is -0.308 e. The zero-order valence-electron chi connectivity index (χ0n) is 35.6. The van der Waals surface area contributed by atoms with Crippen LogP contribution in [0.3, 0.4) is 0 Å². The lowest BCUT2D eigenvalue weighted by atomic mass is 9.99. The number of anilines is 6. The van der Waals surface area contributed by atoms with Crippen molar-refractivity contribution < 1.29 is 0 Å². The van der Waals surface area contributed by atoms with E-state index in [0.29, 0.717) is 0 Å². The smallest absolute Gasteiger partial charge is 0.146 e. The largest absolute Gasteiger partial charge is 0.308 e. The lowest BCUT2D eigenvalue weighted by Crippen LogP contribution is -2.11. The van der Waals surface area contributed by atoms with Gasteiger partial charge in [0.2, 0.25) is 0 Å². The molecule has 5 nitrogen and oxygen atoms in total. The first-order chi connectivity index (χ1) is 32.8. The predicted molar refractivity (Wildman–Crippen MR) is 278 cm³/mol. The fraction of sp³-hybridized carbons (Fsp3) is 0. The Balaban J connectivity index is 1.13. The van der Waals surface area contributed by atoms with E-state index in [1.165, 1.54) is 65.0 Å². The minimum absolute atomic E-state index is 0.959. The highest BCUT2D eigenvalue weighted by Crippen LogP contribution is 2.51. The van der Waals surface area contributed by atoms with Gasteiger partial charge in [0.25, 0.3) is 0 Å². The lowest BCUT2D eigenvalue weighted by molar-refractivity contribution is 1.25. The Morgan fingerprint density at radius 3 is 1.38 bits per heavy atom. The maximum Gasteiger partial charge on any atom is 0.146 e. The molecule has 0 aliphatic rings. The summed E-state index contributed by atoms with van der Waals surface area (Å²) in [6.45, 7) is 0. The van der Waals surface area contributed by atoms with Crippen LogP contribution in [0.25, 0.3) is 98.0 Å². The second-order valence-electron chi connectivity index (χ2n) is 17.5. The van der Waals surface area contributed by atoms with Gasteiger partial charge in [0, 0.05) is 60.5 Å². The SMILES string of the molecule is c1ccc(N(c2ccccc2)c2cc3ccccc3c3c4cccc5c6nc7c(cc6n(c23)c54)c2cc3ccccc3c3c4cccc(N(c5ccccc5)c5ccccc5)c4n7c23)cc1. The molecule has 0 fully saturated rings. The molecule has 15 aromatic rings. The van der Waals surface area contributed by atoms with E-state index < -0.39 is 0 Å². The van der Waals surface area contributed by atoms with Crippen LogP contribution in [0.5, 0.6) is 0 Å². The summed E-state index contributed by atoms with van der Waals surface area (Å²) in [5.74, 6) is 0. The summed E-state index contributed by atoms with van der Waals surface area (Å²) >= 11 is 0. The zero-order chi connectivity index (χ0) is 43.0. The van der Waals surface area contributed by atoms with Gasteiger partial charge in [-0.25, -0.2) is 4.98 Å². The summed E-state index contributed by atoms with van der Waals surface area (Å²) in [7, 11) is 0. The number of fused-ring (bicyclic) bond motifs is 16. The Hall–Kier alpha value is -8.93. The van der Waals surface area contributed by atoms with Crippen molar-refractivity contribution in [3.05, 3.63) is 224 Å². The van der Waals surface area contributed by atoms with Gasteiger partial charge in [-0.2, -0.15) is 0 Å². The number of rotatable bonds is 6. The number of pyridine rings is 1. The molecule has 0 bridgehead atoms. The third kappa shape index (κ3) is 4.70. The topological polar surface area (TPSA) is 28.2 Å². The van der Waals surface area contributed by atoms with Gasteiger partial charge < -0.3 is 14.2 Å². The van der Waals surface area contributed by atoms with Crippen molar-refractivity contribution in [2.24, 2.45) is 0 Å². The van der Waals surface area contributed by atoms with Crippen LogP contribution in [0.1, 0.15) is 0 Å². The molecule has 306 valence electrons. The summed E-state index contributed by atoms with van der Waals surface area (Å²) in [6.07, 6.45) is 0. The second kappa shape index (κ2) is 13.3. The maximum absolute atomic E-state index is 5.91. The summed E-state index contributed by atoms with van der Waals surface area (Å²) in [6, 6.07) is 81.6. The van der Waals surface area contributed by atoms with Gasteiger partial charge in [-0.15, -0.1) is 0 Å². The van der Waals surface area contributed by atoms with Crippen LogP contribution in [-0.2, 0) is 0 Å². The molecule has 0 radical (unpaired) electrons. The summed E-state index contributed by atoms with van der Waals surface area (Å²) in [5, 5.41) is 13.3. The van der Waals surface area contributed by atoms with Gasteiger partial charge in [0.1, 0.15) is 5.65 Å². The van der Waals surface area contributed by atoms with Crippen molar-refractivity contribution >= 4 is 132 Å². The normalized spacial score (nSPS) is 12.2. The number of para-hydroxylation sites is 6. The van der Waals surface area contributed by atoms with Crippen LogP contribution >= 0.6 is 0 Å². The monoisotopic (exact) mass is 839 g/mol. The first-order valence-corrected chi connectivity index (χ1v) is 22.6. The fourth-order valence-electron chi connectivity index (χ4n) is 11.4. The molecule has 5 heteroatoms. The lowest BCUT2D eigenvalue weighted by Gasteiger charge is -2.27. The average molecular weight is 840 g/mol. The zero-order valence-corrected chi connectivity index (χ0v) is 35.6. The molecule has 0 atom stereocenters. The molecule has 0 amide bonds. The summed E-state index contributed by atoms with van der Waals surface area (Å²) < 4.78 is 5.01. The predicted octanol–water partition coefficient (Wildman–Crippen LogP) is 16.6. The molecule has 0 aliphatic carbocycles. The molecule has 0 unspecified atom stereocenters. The number of hydrogen-bond acceptors (Lipinski definition) is 3. The van der Waals surface area contributed by atoms with Crippen molar-refractivity contribution in [1.29, 1.82) is 0 Å². The van der Waals surface area contributed by atoms with Crippen molar-refractivity contribution in [3.8, 4) is 0 Å². The molecule has 15 rings (SSSR count). The van der Waals surface area contributed by atoms with E-state index in [2.05, 4.69) is 243 Å². The highest BCUT2D eigenvalue weighted by atomic mass is 15.2. The van der Waals surface area contributed by atoms with Crippen LogP contribution in [0.15, 0.2) is 224 Å². The molecular formula is C61H37N5. The van der Waals surface area contributed by atoms with Gasteiger partial charge in [-0.3, -0.25) is 4.40 Å². The fourth-order valence-corrected chi connectivity index (χ4v) is 11.4. The molecule has 10 aromatic carbocycles. The van der Waals surface area contributed by atoms with E-state index in [1.807, 2.05) is 0 Å². The highest BCUT2D eigenvalue weighted by molar-refractivity contribution is 6.35. The molecule has 0 N–H and O–H groups in total. The third-order valence-corrected chi connectivity index (χ3v) is 14.0. The first-order valence-electron chi connectivity index (χ1n) is 22.6. The highest BCUT2D eigenvalue weighted by Gasteiger charge is 2.29. The molecule has 5 heterocycles. The van der Waals surface area contributed by atoms with E-state index in [1.54, 1.807) is 0 Å². The number of aromatic nitrogens is 3. The molecule has 5 aromatic heterocycles. The van der Waals surface area contributed by atoms with Crippen LogP contribution in [-0.4, -0.2) is 13.8 Å². The maximum atomic E-state index is 5.91. The van der Waals surface area contributed by atoms with Crippen molar-refractivity contribution in [2.45, 2.75) is 0 Å². The Kier molecular flexibility index (Phi) is 7.16. The van der Waals surface area contributed by atoms with Crippen molar-refractivity contribution in [1.82, 2.24) is 13.8 Å². The minimum atomic E-state index is 0.959. The second-order valence-corrected chi connectivity index (χ2v) is 17.5. The Bertz CT molecular complexity index is 4310. The number of benzene rings is 10. The van der Waals surface area contributed by atoms with Crippen LogP contribution in [0.4, 0.5) is 34.1 Å². The molecule has 0 saturated heterocycles. The number of nitrogens with zero attached hydrogens (tertiary/aromatic N) is 5. The summed E-state index contributed by atoms with van der Waals surface area (Å²) in [5.41, 5.74) is 14.4. The Morgan fingerprint density at radius 1 is 0.303 bits per heavy atom. The first kappa shape index (κ1) is 35.5. The van der Waals surface area contributed by atoms with Gasteiger partial charge in [-0.05, 0) is 94.3 Å². The standard InChI is InChI=1S/C61H37N5/c1-5-21-40(22-6-1)63(41-23-7-2-8-24-41)51-34-18-32-47-54-44-29-15-13-19-38(44)35-49-50-37-52-56(62-61(50)66(58(47)51)59(49)54)48-33-17-31-46-55-45-30-16-14-20-39(45)36-53(60(55)65(52)57(46)48)64(42-25-9-3-10-26-42)43-27-11-4-12-28-43/h1-37H. The van der Waals surface area contributed by atoms with E-state index >= 15 is 0 Å². The third-order valence-electron chi connectivity index (χ3n) is 14.0. The molecular weight excluding hydrogens is 803 g/mol. The van der Waals surface area contributed by atoms with E-state index in [9.17, 15) is 0 Å². The van der Waals surface area contributed by atoms with Crippen molar-refractivity contribution in [3.63, 3.8) is 0 Å². The molecule has 0 aliphatic heterocycles. The van der Waals surface area contributed by atoms with Gasteiger partial charge in [-0.1, -0.05) is 152 Å². The van der Waals surface area contributed by atoms with Gasteiger partial charge in [0.15, 0.2) is 0 Å². The van der Waals surface area contributed by atoms with E-state index in [0.717, 1.165) is 67.1 Å². The number of hydrogen-bond donors (Lipinski definition) is 0. The van der Waals surface area contributed by atoms with Crippen LogP contribution in [0.2, 0.25) is 0 Å². The van der Waals surface area contributed by atoms with Gasteiger partial charge >= 0.3 is 0 Å². The van der Waals surface area contributed by atoms with Crippen LogP contribution in [0, 0.1) is 0 Å². The Labute approximate surface area is 378 Å². The van der Waals surface area contributed by atoms with Crippen molar-refractivity contribution in [2.75, 3.05) is 9.80 Å². The summed E-state index contributed by atoms with van der Waals surface area (Å²) in [4.78, 5) is 10.7. The van der Waals surface area contributed by atoms with E-state index in [4.69, 9.17) is 4.98 Å². The molecule has 0 saturated carbocycles. The van der Waals surface area contributed by atoms with Crippen LogP contribution < -0.4 is 9.80 Å². The Morgan fingerprint density at radius 2 is 0.773 bits per heavy atom. The van der Waals surface area contributed by atoms with Gasteiger partial charge in [0.05, 0.1) is 44.5 Å². The van der Waals surface area contributed by atoms with E-state index in [-0.39, 0.29) is 0 Å². The molecule has 0 spiro atoms.